The molecular formula is C24H26O3. The molecule has 0 N–H and O–H groups in total. The largest absolute Gasteiger partial charge is 0.462 e. The highest BCUT2D eigenvalue weighted by Crippen LogP contribution is 2.31. The van der Waals surface area contributed by atoms with Gasteiger partial charge in [-0.1, -0.05) is 75.5 Å². The molecule has 140 valence electrons. The summed E-state index contributed by atoms with van der Waals surface area (Å²) in [5.41, 5.74) is 4.33. The molecule has 0 bridgehead atoms. The maximum atomic E-state index is 11.5. The smallest absolute Gasteiger partial charge is 0.330 e. The molecule has 0 aliphatic rings. The molecule has 0 spiro atoms. The van der Waals surface area contributed by atoms with Crippen molar-refractivity contribution in [3.05, 3.63) is 96.1 Å². The third-order valence-electron chi connectivity index (χ3n) is 4.76. The van der Waals surface area contributed by atoms with Crippen LogP contribution in [0.1, 0.15) is 36.1 Å². The fourth-order valence-electron chi connectivity index (χ4n) is 2.90. The van der Waals surface area contributed by atoms with Gasteiger partial charge in [0.2, 0.25) is 0 Å². The minimum Gasteiger partial charge on any atom is -0.462 e. The number of allylic oxidation sites excluding steroid dienone is 1. The summed E-state index contributed by atoms with van der Waals surface area (Å²) in [6.07, 6.45) is 3.59. The molecule has 0 fully saturated rings. The van der Waals surface area contributed by atoms with Crippen LogP contribution in [0.4, 0.5) is 0 Å². The molecule has 0 amide bonds. The van der Waals surface area contributed by atoms with Crippen molar-refractivity contribution in [2.75, 3.05) is 6.61 Å². The van der Waals surface area contributed by atoms with E-state index in [-0.39, 0.29) is 11.2 Å². The van der Waals surface area contributed by atoms with Crippen LogP contribution in [0, 0.1) is 0 Å². The normalized spacial score (nSPS) is 10.9. The molecule has 0 aliphatic heterocycles. The first kappa shape index (κ1) is 20.4. The second-order valence-electron chi connectivity index (χ2n) is 6.99. The molecule has 3 nitrogen and oxygen atoms in total. The van der Waals surface area contributed by atoms with Gasteiger partial charge in [0.1, 0.15) is 0 Å². The van der Waals surface area contributed by atoms with E-state index >= 15 is 0 Å². The summed E-state index contributed by atoms with van der Waals surface area (Å²) < 4.78 is 5.02. The van der Waals surface area contributed by atoms with E-state index in [0.29, 0.717) is 19.4 Å². The first-order valence-corrected chi connectivity index (χ1v) is 9.00. The number of benzene rings is 2. The van der Waals surface area contributed by atoms with Gasteiger partial charge in [-0.15, -0.1) is 0 Å². The van der Waals surface area contributed by atoms with Gasteiger partial charge >= 0.3 is 5.97 Å². The molecule has 2 aromatic carbocycles. The third-order valence-corrected chi connectivity index (χ3v) is 4.76. The molecular weight excluding hydrogens is 336 g/mol. The van der Waals surface area contributed by atoms with Gasteiger partial charge in [-0.05, 0) is 28.3 Å². The lowest BCUT2D eigenvalue weighted by Gasteiger charge is -2.26. The van der Waals surface area contributed by atoms with E-state index < -0.39 is 5.97 Å². The third kappa shape index (κ3) is 5.52. The Morgan fingerprint density at radius 2 is 1.41 bits per heavy atom. The SMILES string of the molecule is C=CC(=O)Cc1ccc(C(C)(C)c2ccc(CCOC(=O)C=C)cc2)cc1. The van der Waals surface area contributed by atoms with Crippen LogP contribution in [0.25, 0.3) is 0 Å². The summed E-state index contributed by atoms with van der Waals surface area (Å²) in [6, 6.07) is 16.5. The number of carbonyl (C=O) groups is 2. The van der Waals surface area contributed by atoms with E-state index in [9.17, 15) is 9.59 Å². The van der Waals surface area contributed by atoms with Gasteiger partial charge in [-0.2, -0.15) is 0 Å². The van der Waals surface area contributed by atoms with E-state index in [1.54, 1.807) is 0 Å². The van der Waals surface area contributed by atoms with Crippen molar-refractivity contribution in [3.8, 4) is 0 Å². The molecule has 0 saturated heterocycles. The van der Waals surface area contributed by atoms with Gasteiger partial charge in [-0.3, -0.25) is 4.79 Å². The second-order valence-corrected chi connectivity index (χ2v) is 6.99. The zero-order chi connectivity index (χ0) is 19.9. The van der Waals surface area contributed by atoms with E-state index in [2.05, 4.69) is 63.4 Å². The molecule has 0 aliphatic carbocycles. The van der Waals surface area contributed by atoms with Crippen LogP contribution in [0.5, 0.6) is 0 Å². The molecule has 0 radical (unpaired) electrons. The zero-order valence-electron chi connectivity index (χ0n) is 16.0. The Bertz CT molecular complexity index is 812. The van der Waals surface area contributed by atoms with Crippen molar-refractivity contribution in [1.82, 2.24) is 0 Å². The highest BCUT2D eigenvalue weighted by Gasteiger charge is 2.23. The molecule has 0 saturated carbocycles. The highest BCUT2D eigenvalue weighted by atomic mass is 16.5. The van der Waals surface area contributed by atoms with Crippen molar-refractivity contribution in [2.45, 2.75) is 32.1 Å². The lowest BCUT2D eigenvalue weighted by Crippen LogP contribution is -2.19. The predicted octanol–water partition coefficient (Wildman–Crippen LogP) is 4.58. The monoisotopic (exact) mass is 362 g/mol. The van der Waals surface area contributed by atoms with Crippen molar-refractivity contribution in [3.63, 3.8) is 0 Å². The molecule has 3 heteroatoms. The number of rotatable bonds is 9. The number of esters is 1. The van der Waals surface area contributed by atoms with E-state index in [0.717, 1.165) is 11.1 Å². The van der Waals surface area contributed by atoms with Crippen molar-refractivity contribution < 1.29 is 14.3 Å². The minimum atomic E-state index is -0.397. The highest BCUT2D eigenvalue weighted by molar-refractivity contribution is 5.90. The summed E-state index contributed by atoms with van der Waals surface area (Å²) in [4.78, 5) is 22.6. The lowest BCUT2D eigenvalue weighted by molar-refractivity contribution is -0.137. The average Bonchev–Trinajstić information content (AvgIpc) is 2.68. The van der Waals surface area contributed by atoms with Crippen molar-refractivity contribution in [1.29, 1.82) is 0 Å². The summed E-state index contributed by atoms with van der Waals surface area (Å²) in [6.45, 7) is 11.6. The van der Waals surface area contributed by atoms with Crippen molar-refractivity contribution >= 4 is 11.8 Å². The molecule has 2 aromatic rings. The first-order chi connectivity index (χ1) is 12.9. The van der Waals surface area contributed by atoms with Crippen LogP contribution < -0.4 is 0 Å². The molecule has 2 rings (SSSR count). The summed E-state index contributed by atoms with van der Waals surface area (Å²) in [7, 11) is 0. The Balaban J connectivity index is 2.07. The average molecular weight is 362 g/mol. The van der Waals surface area contributed by atoms with Crippen LogP contribution in [0.2, 0.25) is 0 Å². The summed E-state index contributed by atoms with van der Waals surface area (Å²) >= 11 is 0. The van der Waals surface area contributed by atoms with Gasteiger partial charge in [0.15, 0.2) is 5.78 Å². The number of hydrogen-bond donors (Lipinski definition) is 0. The molecule has 0 aromatic heterocycles. The molecule has 27 heavy (non-hydrogen) atoms. The standard InChI is InChI=1S/C24H26O3/c1-5-22(25)17-19-9-13-21(14-10-19)24(3,4)20-11-7-18(8-12-20)15-16-27-23(26)6-2/h5-14H,1-2,15-17H2,3-4H3. The molecule has 0 atom stereocenters. The van der Waals surface area contributed by atoms with Crippen LogP contribution in [-0.4, -0.2) is 18.4 Å². The second kappa shape index (κ2) is 9.13. The maximum absolute atomic E-state index is 11.5. The lowest BCUT2D eigenvalue weighted by atomic mass is 9.77. The van der Waals surface area contributed by atoms with Crippen LogP contribution in [0.3, 0.4) is 0 Å². The Morgan fingerprint density at radius 1 is 0.889 bits per heavy atom. The van der Waals surface area contributed by atoms with E-state index in [1.165, 1.54) is 23.3 Å². The predicted molar refractivity (Wildman–Crippen MR) is 109 cm³/mol. The Kier molecular flexibility index (Phi) is 6.89. The maximum Gasteiger partial charge on any atom is 0.330 e. The van der Waals surface area contributed by atoms with Gasteiger partial charge in [0, 0.05) is 24.3 Å². The summed E-state index contributed by atoms with van der Waals surface area (Å²) in [5.74, 6) is -0.373. The van der Waals surface area contributed by atoms with Crippen LogP contribution >= 0.6 is 0 Å². The summed E-state index contributed by atoms with van der Waals surface area (Å²) in [5, 5.41) is 0. The fraction of sp³-hybridized carbons (Fsp3) is 0.250. The zero-order valence-corrected chi connectivity index (χ0v) is 16.0. The van der Waals surface area contributed by atoms with Crippen LogP contribution in [-0.2, 0) is 32.6 Å². The first-order valence-electron chi connectivity index (χ1n) is 9.00. The number of ketones is 1. The van der Waals surface area contributed by atoms with Crippen LogP contribution in [0.15, 0.2) is 73.8 Å². The molecule has 0 heterocycles. The van der Waals surface area contributed by atoms with Gasteiger partial charge < -0.3 is 4.74 Å². The van der Waals surface area contributed by atoms with Crippen molar-refractivity contribution in [2.24, 2.45) is 0 Å². The van der Waals surface area contributed by atoms with E-state index in [4.69, 9.17) is 4.74 Å². The fourth-order valence-corrected chi connectivity index (χ4v) is 2.90. The van der Waals surface area contributed by atoms with E-state index in [1.807, 2.05) is 12.1 Å². The number of hydrogen-bond acceptors (Lipinski definition) is 3. The minimum absolute atomic E-state index is 0.0244. The topological polar surface area (TPSA) is 43.4 Å². The Morgan fingerprint density at radius 3 is 1.89 bits per heavy atom. The number of ether oxygens (including phenoxy) is 1. The quantitative estimate of drug-likeness (QED) is 0.484. The van der Waals surface area contributed by atoms with Gasteiger partial charge in [-0.25, -0.2) is 4.79 Å². The number of carbonyl (C=O) groups excluding carboxylic acids is 2. The van der Waals surface area contributed by atoms with Gasteiger partial charge in [0.05, 0.1) is 6.61 Å². The Hall–Kier alpha value is -2.94. The van der Waals surface area contributed by atoms with Gasteiger partial charge in [0.25, 0.3) is 0 Å². The Labute approximate surface area is 161 Å². The molecule has 0 unspecified atom stereocenters.